The topological polar surface area (TPSA) is 89.5 Å². The zero-order chi connectivity index (χ0) is 18.6. The van der Waals surface area contributed by atoms with Crippen LogP contribution in [0.15, 0.2) is 12.7 Å². The highest BCUT2D eigenvalue weighted by atomic mass is 17.5. The first kappa shape index (κ1) is 22.4. The molecule has 0 fully saturated rings. The average molecular weight is 348 g/mol. The highest BCUT2D eigenvalue weighted by molar-refractivity contribution is 5.81. The highest BCUT2D eigenvalue weighted by Gasteiger charge is 2.28. The average Bonchev–Trinajstić information content (AvgIpc) is 2.43. The molecule has 0 radical (unpaired) electrons. The van der Waals surface area contributed by atoms with Crippen molar-refractivity contribution in [3.63, 3.8) is 0 Å². The number of carbonyl (C=O) groups excluding carboxylic acids is 2. The smallest absolute Gasteiger partial charge is 0.460 e. The van der Waals surface area contributed by atoms with E-state index in [0.29, 0.717) is 6.42 Å². The first-order valence-corrected chi connectivity index (χ1v) is 7.62. The molecular formula is C16H28O8. The normalized spacial score (nSPS) is 11.7. The van der Waals surface area contributed by atoms with E-state index in [1.165, 1.54) is 0 Å². The molecule has 0 aliphatic heterocycles. The van der Waals surface area contributed by atoms with Gasteiger partial charge in [-0.15, -0.1) is 0 Å². The van der Waals surface area contributed by atoms with Gasteiger partial charge < -0.3 is 14.2 Å². The molecule has 0 aromatic rings. The van der Waals surface area contributed by atoms with Crippen LogP contribution in [-0.4, -0.2) is 44.2 Å². The Balaban J connectivity index is 3.63. The highest BCUT2D eigenvalue weighted by Crippen LogP contribution is 2.29. The summed E-state index contributed by atoms with van der Waals surface area (Å²) >= 11 is 0. The van der Waals surface area contributed by atoms with E-state index in [1.54, 1.807) is 0 Å². The van der Waals surface area contributed by atoms with Gasteiger partial charge in [0, 0.05) is 6.08 Å². The van der Waals surface area contributed by atoms with Crippen molar-refractivity contribution in [1.29, 1.82) is 0 Å². The first-order valence-electron chi connectivity index (χ1n) is 7.62. The summed E-state index contributed by atoms with van der Waals surface area (Å²) in [6.45, 7) is 13.4. The number of hydrogen-bond acceptors (Lipinski definition) is 8. The molecular weight excluding hydrogens is 320 g/mol. The fourth-order valence-corrected chi connectivity index (χ4v) is 2.01. The van der Waals surface area contributed by atoms with Crippen LogP contribution >= 0.6 is 0 Å². The van der Waals surface area contributed by atoms with Crippen molar-refractivity contribution in [3.05, 3.63) is 12.7 Å². The monoisotopic (exact) mass is 348 g/mol. The molecule has 0 aliphatic carbocycles. The molecule has 0 unspecified atom stereocenters. The zero-order valence-electron chi connectivity index (χ0n) is 15.1. The van der Waals surface area contributed by atoms with Crippen LogP contribution in [0.5, 0.6) is 0 Å². The molecule has 0 saturated carbocycles. The number of ether oxygens (including phenoxy) is 3. The van der Waals surface area contributed by atoms with Gasteiger partial charge in [-0.25, -0.2) is 14.5 Å². The van der Waals surface area contributed by atoms with Gasteiger partial charge in [-0.05, 0) is 30.7 Å². The lowest BCUT2D eigenvalue weighted by atomic mass is 9.84. The molecule has 0 aromatic carbocycles. The largest absolute Gasteiger partial charge is 0.542 e. The molecule has 0 bridgehead atoms. The predicted molar refractivity (Wildman–Crippen MR) is 84.7 cm³/mol. The molecule has 0 saturated heterocycles. The van der Waals surface area contributed by atoms with E-state index in [4.69, 9.17) is 14.4 Å². The predicted octanol–water partition coefficient (Wildman–Crippen LogP) is 2.96. The van der Waals surface area contributed by atoms with Crippen LogP contribution in [0.4, 0.5) is 4.79 Å². The van der Waals surface area contributed by atoms with Crippen molar-refractivity contribution in [1.82, 2.24) is 0 Å². The molecule has 0 rings (SSSR count). The molecule has 0 amide bonds. The van der Waals surface area contributed by atoms with Gasteiger partial charge in [-0.3, -0.25) is 0 Å². The summed E-state index contributed by atoms with van der Waals surface area (Å²) < 4.78 is 14.5. The summed E-state index contributed by atoms with van der Waals surface area (Å²) in [5, 5.41) is 4.46. The van der Waals surface area contributed by atoms with E-state index in [2.05, 4.69) is 42.0 Å². The molecule has 0 aliphatic rings. The zero-order valence-corrected chi connectivity index (χ0v) is 15.1. The summed E-state index contributed by atoms with van der Waals surface area (Å²) in [7, 11) is 0. The van der Waals surface area contributed by atoms with Gasteiger partial charge in [0.15, 0.2) is 0 Å². The fraction of sp³-hybridized carbons (Fsp3) is 0.750. The molecule has 0 aromatic heterocycles. The van der Waals surface area contributed by atoms with Gasteiger partial charge in [0.1, 0.15) is 18.8 Å². The molecule has 140 valence electrons. The van der Waals surface area contributed by atoms with Gasteiger partial charge in [0.25, 0.3) is 0 Å². The van der Waals surface area contributed by atoms with Crippen LogP contribution in [0.25, 0.3) is 0 Å². The molecule has 24 heavy (non-hydrogen) atoms. The van der Waals surface area contributed by atoms with E-state index >= 15 is 0 Å². The second-order valence-corrected chi connectivity index (χ2v) is 6.81. The van der Waals surface area contributed by atoms with E-state index in [0.717, 1.165) is 6.08 Å². The Morgan fingerprint density at radius 1 is 0.958 bits per heavy atom. The Kier molecular flexibility index (Phi) is 10.3. The van der Waals surface area contributed by atoms with Gasteiger partial charge >= 0.3 is 12.1 Å². The molecule has 0 heterocycles. The maximum absolute atomic E-state index is 11.2. The number of carbonyl (C=O) groups is 2. The molecule has 0 spiro atoms. The Hall–Kier alpha value is -1.64. The second-order valence-electron chi connectivity index (χ2n) is 6.81. The van der Waals surface area contributed by atoms with Crippen molar-refractivity contribution in [2.45, 2.75) is 46.6 Å². The van der Waals surface area contributed by atoms with Crippen LogP contribution in [0, 0.1) is 5.41 Å². The van der Waals surface area contributed by atoms with Crippen LogP contribution in [-0.2, 0) is 33.8 Å². The van der Waals surface area contributed by atoms with E-state index in [-0.39, 0.29) is 31.8 Å². The molecule has 0 atom stereocenters. The summed E-state index contributed by atoms with van der Waals surface area (Å²) in [6.07, 6.45) is 0.718. The summed E-state index contributed by atoms with van der Waals surface area (Å²) in [5.41, 5.74) is -0.588. The first-order chi connectivity index (χ1) is 11.1. The Morgan fingerprint density at radius 3 is 2.08 bits per heavy atom. The van der Waals surface area contributed by atoms with E-state index in [1.807, 2.05) is 13.8 Å². The summed E-state index contributed by atoms with van der Waals surface area (Å²) in [4.78, 5) is 31.4. The fourth-order valence-electron chi connectivity index (χ4n) is 2.01. The van der Waals surface area contributed by atoms with E-state index in [9.17, 15) is 9.59 Å². The van der Waals surface area contributed by atoms with Crippen LogP contribution in [0.1, 0.15) is 41.0 Å². The lowest BCUT2D eigenvalue weighted by Crippen LogP contribution is -2.31. The Labute approximate surface area is 142 Å². The molecule has 0 N–H and O–H groups in total. The van der Waals surface area contributed by atoms with Gasteiger partial charge in [0.05, 0.1) is 13.2 Å². The van der Waals surface area contributed by atoms with Crippen molar-refractivity contribution < 1.29 is 38.6 Å². The number of hydrogen-bond donors (Lipinski definition) is 0. The Morgan fingerprint density at radius 2 is 1.54 bits per heavy atom. The minimum atomic E-state index is -1.04. The number of rotatable bonds is 11. The van der Waals surface area contributed by atoms with Crippen LogP contribution < -0.4 is 0 Å². The van der Waals surface area contributed by atoms with E-state index < -0.39 is 17.7 Å². The van der Waals surface area contributed by atoms with Crippen LogP contribution in [0.3, 0.4) is 0 Å². The SMILES string of the molecule is C=CC(=O)OCCOCCOC(=O)OOOC(C)(C)CC(C)(C)C. The van der Waals surface area contributed by atoms with Gasteiger partial charge in [-0.1, -0.05) is 27.4 Å². The third-order valence-electron chi connectivity index (χ3n) is 2.40. The third kappa shape index (κ3) is 14.0. The standard InChI is InChI=1S/C16H28O8/c1-7-13(17)20-10-8-19-9-11-21-14(18)22-24-23-16(5,6)12-15(2,3)4/h7H,1,8-12H2,2-6H3. The van der Waals surface area contributed by atoms with Crippen LogP contribution in [0.2, 0.25) is 0 Å². The number of esters is 1. The Bertz CT molecular complexity index is 397. The lowest BCUT2D eigenvalue weighted by Gasteiger charge is -2.29. The van der Waals surface area contributed by atoms with Gasteiger partial charge in [0.2, 0.25) is 0 Å². The minimum absolute atomic E-state index is 0.0324. The van der Waals surface area contributed by atoms with Crippen molar-refractivity contribution in [2.75, 3.05) is 26.4 Å². The third-order valence-corrected chi connectivity index (χ3v) is 2.40. The van der Waals surface area contributed by atoms with Crippen molar-refractivity contribution in [3.8, 4) is 0 Å². The summed E-state index contributed by atoms with van der Waals surface area (Å²) in [6, 6.07) is 0. The lowest BCUT2D eigenvalue weighted by molar-refractivity contribution is -0.518. The maximum Gasteiger partial charge on any atom is 0.542 e. The van der Waals surface area contributed by atoms with Crippen molar-refractivity contribution in [2.24, 2.45) is 5.41 Å². The second kappa shape index (κ2) is 11.0. The summed E-state index contributed by atoms with van der Waals surface area (Å²) in [5.74, 6) is -0.523. The quantitative estimate of drug-likeness (QED) is 0.185. The van der Waals surface area contributed by atoms with Gasteiger partial charge in [-0.2, -0.15) is 4.89 Å². The maximum atomic E-state index is 11.2. The molecule has 8 heteroatoms. The molecule has 8 nitrogen and oxygen atoms in total. The minimum Gasteiger partial charge on any atom is -0.460 e. The van der Waals surface area contributed by atoms with Crippen molar-refractivity contribution >= 4 is 12.1 Å².